The summed E-state index contributed by atoms with van der Waals surface area (Å²) in [6, 6.07) is 18.8. The van der Waals surface area contributed by atoms with Crippen LogP contribution in [0.3, 0.4) is 0 Å². The van der Waals surface area contributed by atoms with Gasteiger partial charge in [0.1, 0.15) is 0 Å². The minimum Gasteiger partial charge on any atom is -0.351 e. The first-order chi connectivity index (χ1) is 21.5. The Bertz CT molecular complexity index is 1690. The summed E-state index contributed by atoms with van der Waals surface area (Å²) in [5.41, 5.74) is 2.24. The Hall–Kier alpha value is -4.11. The second-order valence-corrected chi connectivity index (χ2v) is 11.4. The van der Waals surface area contributed by atoms with Crippen molar-refractivity contribution in [3.8, 4) is 6.07 Å². The predicted octanol–water partition coefficient (Wildman–Crippen LogP) is 7.47. The molecule has 0 saturated heterocycles. The van der Waals surface area contributed by atoms with Crippen LogP contribution in [0.5, 0.6) is 0 Å². The number of rotatable bonds is 11. The van der Waals surface area contributed by atoms with E-state index in [9.17, 15) is 18.0 Å². The second kappa shape index (κ2) is 15.3. The summed E-state index contributed by atoms with van der Waals surface area (Å²) in [5.74, 6) is -0.235. The van der Waals surface area contributed by atoms with Gasteiger partial charge >= 0.3 is 6.18 Å². The molecule has 0 aliphatic heterocycles. The molecule has 0 aliphatic rings. The summed E-state index contributed by atoms with van der Waals surface area (Å²) in [5, 5.41) is 15.8. The molecule has 3 aromatic carbocycles. The maximum absolute atomic E-state index is 13.3. The third kappa shape index (κ3) is 9.44. The van der Waals surface area contributed by atoms with Gasteiger partial charge in [-0.1, -0.05) is 60.5 Å². The molecule has 0 aliphatic carbocycles. The van der Waals surface area contributed by atoms with Crippen LogP contribution in [0.4, 0.5) is 18.9 Å². The fourth-order valence-corrected chi connectivity index (χ4v) is 5.21. The maximum Gasteiger partial charge on any atom is 0.416 e. The van der Waals surface area contributed by atoms with Gasteiger partial charge in [0, 0.05) is 43.3 Å². The lowest BCUT2D eigenvalue weighted by Gasteiger charge is -2.31. The van der Waals surface area contributed by atoms with E-state index >= 15 is 0 Å². The number of alkyl halides is 3. The smallest absolute Gasteiger partial charge is 0.351 e. The molecule has 1 atom stereocenters. The number of carbonyl (C=O) groups is 1. The van der Waals surface area contributed by atoms with E-state index in [0.717, 1.165) is 17.7 Å². The molecule has 0 fully saturated rings. The Morgan fingerprint density at radius 2 is 1.87 bits per heavy atom. The molecule has 1 heterocycles. The van der Waals surface area contributed by atoms with Gasteiger partial charge in [-0.3, -0.25) is 4.79 Å². The molecular weight excluding hydrogens is 644 g/mol. The molecule has 4 aromatic rings. The number of hydrogen-bond acceptors (Lipinski definition) is 4. The van der Waals surface area contributed by atoms with E-state index in [4.69, 9.17) is 40.7 Å². The molecule has 7 nitrogen and oxygen atoms in total. The van der Waals surface area contributed by atoms with Crippen molar-refractivity contribution in [2.24, 2.45) is 0 Å². The number of amides is 1. The Morgan fingerprint density at radius 1 is 1.13 bits per heavy atom. The quantitative estimate of drug-likeness (QED) is 0.161. The first-order valence-corrected chi connectivity index (χ1v) is 15.1. The van der Waals surface area contributed by atoms with Gasteiger partial charge in [-0.15, -0.1) is 0 Å². The highest BCUT2D eigenvalue weighted by molar-refractivity contribution is 7.80. The van der Waals surface area contributed by atoms with E-state index in [2.05, 4.69) is 21.7 Å². The molecule has 0 saturated carbocycles. The van der Waals surface area contributed by atoms with Crippen molar-refractivity contribution in [2.45, 2.75) is 45.1 Å². The highest BCUT2D eigenvalue weighted by atomic mass is 35.5. The summed E-state index contributed by atoms with van der Waals surface area (Å²) in [4.78, 5) is 19.1. The van der Waals surface area contributed by atoms with Gasteiger partial charge < -0.3 is 20.1 Å². The van der Waals surface area contributed by atoms with Crippen molar-refractivity contribution in [2.75, 3.05) is 11.9 Å². The average molecular weight is 674 g/mol. The molecular formula is C32H29Cl2F3N6OS. The number of imidazole rings is 1. The average Bonchev–Trinajstić information content (AvgIpc) is 3.44. The van der Waals surface area contributed by atoms with E-state index in [-0.39, 0.29) is 42.3 Å². The van der Waals surface area contributed by atoms with Gasteiger partial charge in [0.25, 0.3) is 0 Å². The lowest BCUT2D eigenvalue weighted by molar-refractivity contribution is -0.137. The summed E-state index contributed by atoms with van der Waals surface area (Å²) in [6.07, 6.45) is -0.622. The van der Waals surface area contributed by atoms with Crippen LogP contribution in [0.15, 0.2) is 79.3 Å². The number of anilines is 1. The zero-order valence-electron chi connectivity index (χ0n) is 24.1. The van der Waals surface area contributed by atoms with Crippen LogP contribution in [0.1, 0.15) is 41.3 Å². The number of nitriles is 1. The summed E-state index contributed by atoms with van der Waals surface area (Å²) < 4.78 is 41.8. The van der Waals surface area contributed by atoms with E-state index < -0.39 is 11.7 Å². The molecule has 2 N–H and O–H groups in total. The van der Waals surface area contributed by atoms with Gasteiger partial charge in [-0.05, 0) is 66.2 Å². The first kappa shape index (κ1) is 33.8. The number of thiocarbonyl (C=S) groups is 1. The van der Waals surface area contributed by atoms with Crippen LogP contribution in [0, 0.1) is 11.3 Å². The molecule has 1 aromatic heterocycles. The Morgan fingerprint density at radius 3 is 2.56 bits per heavy atom. The fourth-order valence-electron chi connectivity index (χ4n) is 4.58. The second-order valence-electron chi connectivity index (χ2n) is 10.3. The highest BCUT2D eigenvalue weighted by Gasteiger charge is 2.30. The van der Waals surface area contributed by atoms with Gasteiger partial charge in [-0.2, -0.15) is 18.4 Å². The van der Waals surface area contributed by atoms with Gasteiger partial charge in [0.2, 0.25) is 5.91 Å². The van der Waals surface area contributed by atoms with Crippen LogP contribution in [-0.4, -0.2) is 38.1 Å². The highest BCUT2D eigenvalue weighted by Crippen LogP contribution is 2.31. The topological polar surface area (TPSA) is 86.0 Å². The monoisotopic (exact) mass is 672 g/mol. The fraction of sp³-hybridized carbons (Fsp3) is 0.250. The minimum atomic E-state index is -4.51. The van der Waals surface area contributed by atoms with Gasteiger partial charge in [0.05, 0.1) is 40.0 Å². The molecule has 0 bridgehead atoms. The van der Waals surface area contributed by atoms with Gasteiger partial charge in [-0.25, -0.2) is 4.98 Å². The third-order valence-corrected chi connectivity index (χ3v) is 8.21. The van der Waals surface area contributed by atoms with Crippen LogP contribution >= 0.6 is 35.4 Å². The first-order valence-electron chi connectivity index (χ1n) is 13.9. The van der Waals surface area contributed by atoms with Crippen LogP contribution in [-0.2, 0) is 30.5 Å². The molecule has 1 amide bonds. The maximum atomic E-state index is 13.3. The van der Waals surface area contributed by atoms with Crippen molar-refractivity contribution in [3.63, 3.8) is 0 Å². The van der Waals surface area contributed by atoms with Crippen LogP contribution in [0.2, 0.25) is 10.0 Å². The summed E-state index contributed by atoms with van der Waals surface area (Å²) in [6.45, 7) is 2.82. The standard InChI is InChI=1S/C32H29Cl2F3N6OS/c1-2-25(40-29(44)14-27-16-39-20-43(27)17-22-11-9-21(15-38)10-12-22)19-42(18-23-5-3-8-28(33)30(23)34)31(45)41-26-7-4-6-24(13-26)32(35,36)37/h3-13,16,20,25H,2,14,17-19H2,1H3,(H,40,44)(H,41,45)/t25-/m0/s1. The van der Waals surface area contributed by atoms with Crippen molar-refractivity contribution in [1.29, 1.82) is 5.26 Å². The van der Waals surface area contributed by atoms with E-state index in [1.165, 1.54) is 12.1 Å². The van der Waals surface area contributed by atoms with Crippen LogP contribution in [0.25, 0.3) is 0 Å². The number of carbonyl (C=O) groups excluding carboxylic acids is 1. The zero-order valence-corrected chi connectivity index (χ0v) is 26.4. The normalized spacial score (nSPS) is 11.8. The molecule has 0 spiro atoms. The van der Waals surface area contributed by atoms with E-state index in [1.54, 1.807) is 47.8 Å². The summed E-state index contributed by atoms with van der Waals surface area (Å²) in [7, 11) is 0. The molecule has 234 valence electrons. The Kier molecular flexibility index (Phi) is 11.4. The predicted molar refractivity (Wildman–Crippen MR) is 173 cm³/mol. The lowest BCUT2D eigenvalue weighted by atomic mass is 10.1. The van der Waals surface area contributed by atoms with E-state index in [0.29, 0.717) is 39.8 Å². The molecule has 0 unspecified atom stereocenters. The number of benzene rings is 3. The van der Waals surface area contributed by atoms with Crippen molar-refractivity contribution in [3.05, 3.63) is 117 Å². The number of aromatic nitrogens is 2. The SMILES string of the molecule is CC[C@@H](CN(Cc1cccc(Cl)c1Cl)C(=S)Nc1cccc(C(F)(F)F)c1)NC(=O)Cc1cncn1Cc1ccc(C#N)cc1. The minimum absolute atomic E-state index is 0.0693. The van der Waals surface area contributed by atoms with Crippen LogP contribution < -0.4 is 10.6 Å². The number of halogens is 5. The third-order valence-electron chi connectivity index (χ3n) is 7.00. The zero-order chi connectivity index (χ0) is 32.6. The van der Waals surface area contributed by atoms with E-state index in [1.807, 2.05) is 23.6 Å². The molecule has 45 heavy (non-hydrogen) atoms. The number of nitrogens with one attached hydrogen (secondary N) is 2. The van der Waals surface area contributed by atoms with Gasteiger partial charge in [0.15, 0.2) is 5.11 Å². The Balaban J connectivity index is 1.48. The molecule has 4 rings (SSSR count). The number of hydrogen-bond donors (Lipinski definition) is 2. The molecule has 0 radical (unpaired) electrons. The van der Waals surface area contributed by atoms with Crippen molar-refractivity contribution in [1.82, 2.24) is 19.8 Å². The van der Waals surface area contributed by atoms with Crippen molar-refractivity contribution >= 4 is 52.1 Å². The number of nitrogens with zero attached hydrogens (tertiary/aromatic N) is 4. The lowest BCUT2D eigenvalue weighted by Crippen LogP contribution is -2.47. The molecule has 13 heteroatoms. The summed E-state index contributed by atoms with van der Waals surface area (Å²) >= 11 is 18.3. The largest absolute Gasteiger partial charge is 0.416 e. The van der Waals surface area contributed by atoms with Crippen molar-refractivity contribution < 1.29 is 18.0 Å². The Labute approximate surface area is 274 Å².